The van der Waals surface area contributed by atoms with Crippen molar-refractivity contribution in [1.82, 2.24) is 10.3 Å². The smallest absolute Gasteiger partial charge is 0.319 e. The lowest BCUT2D eigenvalue weighted by Crippen LogP contribution is -2.36. The standard InChI is InChI=1S/C25H28Br2FN5O/c1-33(2)22-13-23(31-21-6-4-3-5-18(21)22)30-17-9-7-15(8-10-17)14-29-25(34)32-24-19(27)11-16(26)12-20(24)28/h3-6,11-13,15,17H,7-10,14H2,1-2H3,(H,30,31)(H2,29,32,34). The molecule has 0 atom stereocenters. The van der Waals surface area contributed by atoms with E-state index in [-0.39, 0.29) is 5.69 Å². The molecule has 34 heavy (non-hydrogen) atoms. The molecule has 0 saturated heterocycles. The molecule has 0 aliphatic heterocycles. The normalized spacial score (nSPS) is 17.9. The first-order valence-corrected chi connectivity index (χ1v) is 12.9. The van der Waals surface area contributed by atoms with Gasteiger partial charge in [0.15, 0.2) is 0 Å². The van der Waals surface area contributed by atoms with Crippen LogP contribution in [-0.2, 0) is 0 Å². The number of nitrogens with one attached hydrogen (secondary N) is 3. The molecule has 1 aliphatic rings. The molecule has 6 nitrogen and oxygen atoms in total. The maximum absolute atomic E-state index is 14.1. The molecule has 3 N–H and O–H groups in total. The number of carbonyl (C=O) groups is 1. The van der Waals surface area contributed by atoms with E-state index in [9.17, 15) is 9.18 Å². The fourth-order valence-corrected chi connectivity index (χ4v) is 5.65. The highest BCUT2D eigenvalue weighted by Gasteiger charge is 2.22. The Hall–Kier alpha value is -2.39. The van der Waals surface area contributed by atoms with Crippen molar-refractivity contribution in [2.45, 2.75) is 31.7 Å². The van der Waals surface area contributed by atoms with E-state index < -0.39 is 11.8 Å². The second-order valence-corrected chi connectivity index (χ2v) is 10.6. The minimum absolute atomic E-state index is 0.133. The van der Waals surface area contributed by atoms with E-state index in [1.807, 2.05) is 32.3 Å². The molecule has 180 valence electrons. The maximum Gasteiger partial charge on any atom is 0.319 e. The van der Waals surface area contributed by atoms with E-state index in [4.69, 9.17) is 4.98 Å². The summed E-state index contributed by atoms with van der Waals surface area (Å²) in [6, 6.07) is 13.3. The number of benzene rings is 2. The van der Waals surface area contributed by atoms with Gasteiger partial charge in [0.05, 0.1) is 11.2 Å². The minimum Gasteiger partial charge on any atom is -0.377 e. The van der Waals surface area contributed by atoms with E-state index in [0.29, 0.717) is 27.4 Å². The van der Waals surface area contributed by atoms with E-state index in [0.717, 1.165) is 48.1 Å². The van der Waals surface area contributed by atoms with Gasteiger partial charge < -0.3 is 20.9 Å². The molecule has 2 amide bonds. The van der Waals surface area contributed by atoms with Crippen molar-refractivity contribution >= 4 is 66.0 Å². The molecule has 2 aromatic carbocycles. The number of nitrogens with zero attached hydrogens (tertiary/aromatic N) is 2. The number of rotatable bonds is 6. The molecule has 1 heterocycles. The van der Waals surface area contributed by atoms with Crippen LogP contribution in [0.3, 0.4) is 0 Å². The second kappa shape index (κ2) is 10.9. The molecule has 3 aromatic rings. The predicted octanol–water partition coefficient (Wildman–Crippen LogP) is 6.76. The average Bonchev–Trinajstić information content (AvgIpc) is 2.80. The van der Waals surface area contributed by atoms with Crippen LogP contribution in [0.25, 0.3) is 10.9 Å². The van der Waals surface area contributed by atoms with Gasteiger partial charge in [-0.2, -0.15) is 0 Å². The molecular formula is C25H28Br2FN5O. The highest BCUT2D eigenvalue weighted by atomic mass is 79.9. The van der Waals surface area contributed by atoms with Gasteiger partial charge in [0.25, 0.3) is 0 Å². The Morgan fingerprint density at radius 3 is 2.56 bits per heavy atom. The summed E-state index contributed by atoms with van der Waals surface area (Å²) < 4.78 is 15.2. The summed E-state index contributed by atoms with van der Waals surface area (Å²) in [6.07, 6.45) is 4.02. The summed E-state index contributed by atoms with van der Waals surface area (Å²) in [6.45, 7) is 0.563. The molecule has 0 bridgehead atoms. The SMILES string of the molecule is CN(C)c1cc(NC2CCC(CNC(=O)Nc3c(F)cc(Br)cc3Br)CC2)nc2ccccc12. The number of para-hydroxylation sites is 1. The molecule has 1 fully saturated rings. The Morgan fingerprint density at radius 1 is 1.12 bits per heavy atom. The monoisotopic (exact) mass is 591 g/mol. The zero-order valence-electron chi connectivity index (χ0n) is 19.2. The number of pyridine rings is 1. The Kier molecular flexibility index (Phi) is 7.93. The molecular weight excluding hydrogens is 565 g/mol. The topological polar surface area (TPSA) is 69.3 Å². The predicted molar refractivity (Wildman–Crippen MR) is 144 cm³/mol. The first-order valence-electron chi connectivity index (χ1n) is 11.3. The molecule has 9 heteroatoms. The first-order chi connectivity index (χ1) is 16.3. The van der Waals surface area contributed by atoms with Crippen LogP contribution in [-0.4, -0.2) is 37.7 Å². The van der Waals surface area contributed by atoms with Crippen molar-refractivity contribution in [3.8, 4) is 0 Å². The van der Waals surface area contributed by atoms with Crippen molar-refractivity contribution < 1.29 is 9.18 Å². The number of hydrogen-bond acceptors (Lipinski definition) is 4. The third kappa shape index (κ3) is 5.99. The fourth-order valence-electron chi connectivity index (χ4n) is 4.38. The zero-order chi connectivity index (χ0) is 24.2. The fraction of sp³-hybridized carbons (Fsp3) is 0.360. The summed E-state index contributed by atoms with van der Waals surface area (Å²) >= 11 is 6.52. The summed E-state index contributed by atoms with van der Waals surface area (Å²) in [4.78, 5) is 19.2. The number of anilines is 3. The van der Waals surface area contributed by atoms with E-state index >= 15 is 0 Å². The molecule has 1 aromatic heterocycles. The third-order valence-corrected chi connectivity index (χ3v) is 7.25. The number of amides is 2. The van der Waals surface area contributed by atoms with Crippen molar-refractivity contribution in [3.63, 3.8) is 0 Å². The summed E-state index contributed by atoms with van der Waals surface area (Å²) in [5.74, 6) is 0.789. The maximum atomic E-state index is 14.1. The number of urea groups is 1. The van der Waals surface area contributed by atoms with Crippen LogP contribution in [0.2, 0.25) is 0 Å². The highest BCUT2D eigenvalue weighted by Crippen LogP contribution is 2.31. The van der Waals surface area contributed by atoms with E-state index in [1.54, 1.807) is 6.07 Å². The first kappa shape index (κ1) is 24.7. The molecule has 0 radical (unpaired) electrons. The van der Waals surface area contributed by atoms with E-state index in [2.05, 4.69) is 64.8 Å². The largest absolute Gasteiger partial charge is 0.377 e. The van der Waals surface area contributed by atoms with Crippen LogP contribution in [0.1, 0.15) is 25.7 Å². The van der Waals surface area contributed by atoms with Crippen LogP contribution >= 0.6 is 31.9 Å². The zero-order valence-corrected chi connectivity index (χ0v) is 22.3. The third-order valence-electron chi connectivity index (χ3n) is 6.17. The number of halogens is 3. The van der Waals surface area contributed by atoms with Crippen molar-refractivity contribution in [1.29, 1.82) is 0 Å². The van der Waals surface area contributed by atoms with Gasteiger partial charge in [0.1, 0.15) is 11.6 Å². The number of aromatic nitrogens is 1. The van der Waals surface area contributed by atoms with Crippen molar-refractivity contribution in [2.24, 2.45) is 5.92 Å². The molecule has 0 spiro atoms. The van der Waals surface area contributed by atoms with Gasteiger partial charge in [-0.25, -0.2) is 14.2 Å². The quantitative estimate of drug-likeness (QED) is 0.296. The number of carbonyl (C=O) groups excluding carboxylic acids is 1. The Balaban J connectivity index is 1.28. The Labute approximate surface area is 216 Å². The molecule has 4 rings (SSSR count). The van der Waals surface area contributed by atoms with Crippen LogP contribution in [0, 0.1) is 11.7 Å². The minimum atomic E-state index is -0.497. The lowest BCUT2D eigenvalue weighted by molar-refractivity contribution is 0.246. The van der Waals surface area contributed by atoms with Gasteiger partial charge in [0.2, 0.25) is 0 Å². The summed E-state index contributed by atoms with van der Waals surface area (Å²) in [5, 5.41) is 10.2. The number of fused-ring (bicyclic) bond motifs is 1. The van der Waals surface area contributed by atoms with Gasteiger partial charge in [-0.3, -0.25) is 0 Å². The van der Waals surface area contributed by atoms with Gasteiger partial charge >= 0.3 is 6.03 Å². The van der Waals surface area contributed by atoms with Crippen molar-refractivity contribution in [3.05, 3.63) is 57.2 Å². The second-order valence-electron chi connectivity index (χ2n) is 8.88. The molecule has 1 aliphatic carbocycles. The highest BCUT2D eigenvalue weighted by molar-refractivity contribution is 9.11. The molecule has 1 saturated carbocycles. The van der Waals surface area contributed by atoms with Crippen molar-refractivity contribution in [2.75, 3.05) is 36.2 Å². The van der Waals surface area contributed by atoms with Crippen LogP contribution < -0.4 is 20.9 Å². The average molecular weight is 593 g/mol. The van der Waals surface area contributed by atoms with Crippen LogP contribution in [0.15, 0.2) is 51.4 Å². The van der Waals surface area contributed by atoms with Crippen LogP contribution in [0.4, 0.5) is 26.4 Å². The van der Waals surface area contributed by atoms with Crippen LogP contribution in [0.5, 0.6) is 0 Å². The Bertz CT molecular complexity index is 1160. The lowest BCUT2D eigenvalue weighted by Gasteiger charge is -2.30. The van der Waals surface area contributed by atoms with Gasteiger partial charge in [0, 0.05) is 52.8 Å². The molecule has 0 unspecified atom stereocenters. The summed E-state index contributed by atoms with van der Waals surface area (Å²) in [5.41, 5.74) is 2.26. The van der Waals surface area contributed by atoms with Gasteiger partial charge in [-0.05, 0) is 65.7 Å². The van der Waals surface area contributed by atoms with Gasteiger partial charge in [-0.15, -0.1) is 0 Å². The number of hydrogen-bond donors (Lipinski definition) is 3. The van der Waals surface area contributed by atoms with Gasteiger partial charge in [-0.1, -0.05) is 34.1 Å². The Morgan fingerprint density at radius 2 is 1.85 bits per heavy atom. The van der Waals surface area contributed by atoms with E-state index in [1.165, 1.54) is 6.07 Å². The summed E-state index contributed by atoms with van der Waals surface area (Å²) in [7, 11) is 4.09. The lowest BCUT2D eigenvalue weighted by atomic mass is 9.86.